The van der Waals surface area contributed by atoms with Crippen molar-refractivity contribution in [3.63, 3.8) is 0 Å². The van der Waals surface area contributed by atoms with Crippen molar-refractivity contribution in [2.24, 2.45) is 5.73 Å². The van der Waals surface area contributed by atoms with Gasteiger partial charge in [-0.25, -0.2) is 12.8 Å². The molecule has 0 spiro atoms. The highest BCUT2D eigenvalue weighted by Gasteiger charge is 2.24. The molecule has 0 bridgehead atoms. The van der Waals surface area contributed by atoms with E-state index >= 15 is 0 Å². The topological polar surface area (TPSA) is 76.3 Å². The van der Waals surface area contributed by atoms with E-state index in [-0.39, 0.29) is 18.0 Å². The lowest BCUT2D eigenvalue weighted by molar-refractivity contribution is 0.459. The Bertz CT molecular complexity index is 720. The lowest BCUT2D eigenvalue weighted by Crippen LogP contribution is -2.27. The van der Waals surface area contributed by atoms with Crippen molar-refractivity contribution in [2.75, 3.05) is 7.05 Å². The molecule has 0 saturated heterocycles. The van der Waals surface area contributed by atoms with Crippen LogP contribution in [0.5, 0.6) is 0 Å². The van der Waals surface area contributed by atoms with E-state index in [9.17, 15) is 12.8 Å². The summed E-state index contributed by atoms with van der Waals surface area (Å²) in [5.41, 5.74) is 6.67. The summed E-state index contributed by atoms with van der Waals surface area (Å²) in [5.74, 6) is -0.795. The van der Waals surface area contributed by atoms with Gasteiger partial charge in [0.1, 0.15) is 10.7 Å². The van der Waals surface area contributed by atoms with Gasteiger partial charge in [-0.05, 0) is 29.3 Å². The third-order valence-corrected chi connectivity index (χ3v) is 4.88. The van der Waals surface area contributed by atoms with Crippen LogP contribution in [-0.2, 0) is 23.1 Å². The van der Waals surface area contributed by atoms with E-state index in [0.29, 0.717) is 5.56 Å². The number of hydrogen-bond acceptors (Lipinski definition) is 4. The number of hydrogen-bond donors (Lipinski definition) is 1. The van der Waals surface area contributed by atoms with E-state index in [4.69, 9.17) is 5.73 Å². The molecule has 7 heteroatoms. The van der Waals surface area contributed by atoms with E-state index in [0.717, 1.165) is 15.9 Å². The van der Waals surface area contributed by atoms with E-state index in [1.807, 2.05) is 0 Å². The van der Waals surface area contributed by atoms with Crippen LogP contribution in [0.25, 0.3) is 0 Å². The number of nitrogens with zero attached hydrogens (tertiary/aromatic N) is 2. The summed E-state index contributed by atoms with van der Waals surface area (Å²) in [4.78, 5) is 3.57. The zero-order valence-corrected chi connectivity index (χ0v) is 12.3. The highest BCUT2D eigenvalue weighted by Crippen LogP contribution is 2.20. The summed E-state index contributed by atoms with van der Waals surface area (Å²) in [6.07, 6.45) is 3.17. The first-order valence-electron chi connectivity index (χ1n) is 6.29. The number of rotatable bonds is 5. The molecule has 0 saturated carbocycles. The molecule has 0 fully saturated rings. The fraction of sp³-hybridized carbons (Fsp3) is 0.214. The van der Waals surface area contributed by atoms with Crippen LogP contribution in [0.4, 0.5) is 4.39 Å². The van der Waals surface area contributed by atoms with Gasteiger partial charge in [-0.3, -0.25) is 4.98 Å². The van der Waals surface area contributed by atoms with Crippen molar-refractivity contribution in [3.8, 4) is 0 Å². The average molecular weight is 309 g/mol. The maximum atomic E-state index is 14.0. The van der Waals surface area contributed by atoms with Gasteiger partial charge in [0.05, 0.1) is 0 Å². The molecule has 0 aliphatic heterocycles. The molecule has 0 radical (unpaired) electrons. The molecule has 0 amide bonds. The first kappa shape index (κ1) is 15.6. The molecule has 21 heavy (non-hydrogen) atoms. The van der Waals surface area contributed by atoms with E-state index in [1.54, 1.807) is 24.5 Å². The van der Waals surface area contributed by atoms with Gasteiger partial charge in [-0.15, -0.1) is 0 Å². The maximum Gasteiger partial charge on any atom is 0.246 e. The van der Waals surface area contributed by atoms with Gasteiger partial charge in [0.25, 0.3) is 0 Å². The first-order valence-corrected chi connectivity index (χ1v) is 7.73. The molecule has 2 rings (SSSR count). The van der Waals surface area contributed by atoms with Gasteiger partial charge in [0.15, 0.2) is 0 Å². The minimum atomic E-state index is -3.90. The van der Waals surface area contributed by atoms with E-state index in [2.05, 4.69) is 4.98 Å². The summed E-state index contributed by atoms with van der Waals surface area (Å²) in [6, 6.07) is 7.37. The minimum absolute atomic E-state index is 0.119. The summed E-state index contributed by atoms with van der Waals surface area (Å²) >= 11 is 0. The standard InChI is InChI=1S/C14H16FN3O2S/c1-18(10-12-3-2-6-17-9-12)21(19,20)14-5-4-11(8-16)7-13(14)15/h2-7,9H,8,10,16H2,1H3. The lowest BCUT2D eigenvalue weighted by Gasteiger charge is -2.17. The molecular weight excluding hydrogens is 293 g/mol. The second kappa shape index (κ2) is 6.30. The van der Waals surface area contributed by atoms with Crippen molar-refractivity contribution in [1.29, 1.82) is 0 Å². The first-order chi connectivity index (χ1) is 9.95. The van der Waals surface area contributed by atoms with E-state index < -0.39 is 15.8 Å². The van der Waals surface area contributed by atoms with Crippen LogP contribution in [-0.4, -0.2) is 24.8 Å². The number of halogens is 1. The largest absolute Gasteiger partial charge is 0.326 e. The van der Waals surface area contributed by atoms with Crippen LogP contribution in [0, 0.1) is 5.82 Å². The fourth-order valence-corrected chi connectivity index (χ4v) is 3.08. The van der Waals surface area contributed by atoms with Crippen molar-refractivity contribution in [1.82, 2.24) is 9.29 Å². The van der Waals surface area contributed by atoms with Crippen molar-refractivity contribution < 1.29 is 12.8 Å². The van der Waals surface area contributed by atoms with Gasteiger partial charge in [0.2, 0.25) is 10.0 Å². The molecule has 1 aromatic heterocycles. The molecule has 1 aromatic carbocycles. The van der Waals surface area contributed by atoms with Gasteiger partial charge < -0.3 is 5.73 Å². The zero-order chi connectivity index (χ0) is 15.5. The van der Waals surface area contributed by atoms with Crippen LogP contribution in [0.2, 0.25) is 0 Å². The second-order valence-electron chi connectivity index (χ2n) is 4.59. The smallest absolute Gasteiger partial charge is 0.246 e. The Morgan fingerprint density at radius 1 is 1.29 bits per heavy atom. The molecule has 0 aliphatic carbocycles. The predicted molar refractivity (Wildman–Crippen MR) is 77.2 cm³/mol. The zero-order valence-electron chi connectivity index (χ0n) is 11.5. The summed E-state index contributed by atoms with van der Waals surface area (Å²) < 4.78 is 39.8. The quantitative estimate of drug-likeness (QED) is 0.908. The molecule has 1 heterocycles. The van der Waals surface area contributed by atoms with Crippen LogP contribution in [0.15, 0.2) is 47.6 Å². The maximum absolute atomic E-state index is 14.0. The summed E-state index contributed by atoms with van der Waals surface area (Å²) in [7, 11) is -2.50. The second-order valence-corrected chi connectivity index (χ2v) is 6.60. The van der Waals surface area contributed by atoms with Crippen LogP contribution in [0.1, 0.15) is 11.1 Å². The number of nitrogens with two attached hydrogens (primary N) is 1. The monoisotopic (exact) mass is 309 g/mol. The molecule has 0 atom stereocenters. The number of aromatic nitrogens is 1. The van der Waals surface area contributed by atoms with Crippen LogP contribution < -0.4 is 5.73 Å². The minimum Gasteiger partial charge on any atom is -0.326 e. The highest BCUT2D eigenvalue weighted by atomic mass is 32.2. The Morgan fingerprint density at radius 3 is 2.62 bits per heavy atom. The van der Waals surface area contributed by atoms with Crippen LogP contribution >= 0.6 is 0 Å². The molecule has 0 aliphatic rings. The van der Waals surface area contributed by atoms with Gasteiger partial charge in [-0.2, -0.15) is 4.31 Å². The van der Waals surface area contributed by atoms with Gasteiger partial charge >= 0.3 is 0 Å². The van der Waals surface area contributed by atoms with Gasteiger partial charge in [0, 0.05) is 32.5 Å². The fourth-order valence-electron chi connectivity index (χ4n) is 1.88. The Labute approximate surface area is 123 Å². The molecule has 2 aromatic rings. The molecule has 2 N–H and O–H groups in total. The normalized spacial score (nSPS) is 11.8. The Balaban J connectivity index is 2.29. The number of sulfonamides is 1. The third-order valence-electron chi connectivity index (χ3n) is 3.05. The van der Waals surface area contributed by atoms with Crippen molar-refractivity contribution in [2.45, 2.75) is 18.0 Å². The lowest BCUT2D eigenvalue weighted by atomic mass is 10.2. The number of benzene rings is 1. The summed E-state index contributed by atoms with van der Waals surface area (Å²) in [5, 5.41) is 0. The van der Waals surface area contributed by atoms with Gasteiger partial charge in [-0.1, -0.05) is 12.1 Å². The SMILES string of the molecule is CN(Cc1cccnc1)S(=O)(=O)c1ccc(CN)cc1F. The Hall–Kier alpha value is -1.83. The molecule has 0 unspecified atom stereocenters. The summed E-state index contributed by atoms with van der Waals surface area (Å²) in [6.45, 7) is 0.275. The average Bonchev–Trinajstić information content (AvgIpc) is 2.47. The molecule has 112 valence electrons. The number of pyridine rings is 1. The van der Waals surface area contributed by atoms with Crippen LogP contribution in [0.3, 0.4) is 0 Å². The molecular formula is C14H16FN3O2S. The Kier molecular flexibility index (Phi) is 4.66. The molecule has 5 nitrogen and oxygen atoms in total. The van der Waals surface area contributed by atoms with E-state index in [1.165, 1.54) is 19.2 Å². The van der Waals surface area contributed by atoms with Crippen molar-refractivity contribution in [3.05, 3.63) is 59.7 Å². The Morgan fingerprint density at radius 2 is 2.05 bits per heavy atom. The highest BCUT2D eigenvalue weighted by molar-refractivity contribution is 7.89. The van der Waals surface area contributed by atoms with Crippen molar-refractivity contribution >= 4 is 10.0 Å². The third kappa shape index (κ3) is 3.44. The predicted octanol–water partition coefficient (Wildman–Crippen LogP) is 1.50.